The van der Waals surface area contributed by atoms with Crippen LogP contribution in [-0.4, -0.2) is 33.7 Å². The molecule has 0 saturated carbocycles. The summed E-state index contributed by atoms with van der Waals surface area (Å²) in [6.45, 7) is 1.35. The number of nitrogens with zero attached hydrogens (tertiary/aromatic N) is 2. The van der Waals surface area contributed by atoms with Gasteiger partial charge in [-0.1, -0.05) is 24.3 Å². The lowest BCUT2D eigenvalue weighted by molar-refractivity contribution is -0.119. The molecule has 0 aliphatic heterocycles. The molecule has 0 bridgehead atoms. The predicted octanol–water partition coefficient (Wildman–Crippen LogP) is 3.49. The summed E-state index contributed by atoms with van der Waals surface area (Å²) in [5.74, 6) is 0.0256. The molecule has 0 radical (unpaired) electrons. The van der Waals surface area contributed by atoms with Crippen LogP contribution in [0.4, 0.5) is 5.69 Å². The van der Waals surface area contributed by atoms with Gasteiger partial charge in [-0.05, 0) is 54.8 Å². The van der Waals surface area contributed by atoms with Crippen LogP contribution < -0.4 is 14.5 Å². The molecule has 0 atom stereocenters. The number of thiophene rings is 1. The fourth-order valence-corrected chi connectivity index (χ4v) is 4.75. The molecule has 1 aromatic heterocycles. The van der Waals surface area contributed by atoms with Gasteiger partial charge in [0, 0.05) is 4.88 Å². The van der Waals surface area contributed by atoms with Crippen LogP contribution in [0.1, 0.15) is 11.8 Å². The van der Waals surface area contributed by atoms with Crippen LogP contribution in [0.2, 0.25) is 0 Å². The molecule has 0 saturated heterocycles. The van der Waals surface area contributed by atoms with E-state index in [4.69, 9.17) is 4.74 Å². The lowest BCUT2D eigenvalue weighted by atomic mass is 10.3. The smallest absolute Gasteiger partial charge is 0.264 e. The molecule has 9 heteroatoms. The third kappa shape index (κ3) is 5.05. The Kier molecular flexibility index (Phi) is 6.86. The van der Waals surface area contributed by atoms with Gasteiger partial charge in [-0.2, -0.15) is 5.10 Å². The molecule has 3 aromatic rings. The van der Waals surface area contributed by atoms with Gasteiger partial charge in [0.15, 0.2) is 0 Å². The van der Waals surface area contributed by atoms with Gasteiger partial charge in [0.1, 0.15) is 12.3 Å². The first-order valence-electron chi connectivity index (χ1n) is 9.00. The van der Waals surface area contributed by atoms with Crippen LogP contribution in [0.3, 0.4) is 0 Å². The molecule has 7 nitrogen and oxygen atoms in total. The number of carbonyl (C=O) groups is 1. The number of hydrogen-bond donors (Lipinski definition) is 1. The Labute approximate surface area is 179 Å². The van der Waals surface area contributed by atoms with Gasteiger partial charge >= 0.3 is 0 Å². The second kappa shape index (κ2) is 9.55. The molecule has 3 rings (SSSR count). The normalized spacial score (nSPS) is 11.7. The fraction of sp³-hybridized carbons (Fsp3) is 0.143. The fourth-order valence-electron chi connectivity index (χ4n) is 2.63. The second-order valence-electron chi connectivity index (χ2n) is 6.23. The van der Waals surface area contributed by atoms with Crippen LogP contribution in [0.25, 0.3) is 0 Å². The molecule has 1 N–H and O–H groups in total. The van der Waals surface area contributed by atoms with Crippen molar-refractivity contribution in [2.24, 2.45) is 5.10 Å². The Balaban J connectivity index is 1.87. The minimum Gasteiger partial charge on any atom is -0.497 e. The molecular weight excluding hydrogens is 422 g/mol. The van der Waals surface area contributed by atoms with Crippen molar-refractivity contribution >= 4 is 38.7 Å². The Hall–Kier alpha value is -3.17. The van der Waals surface area contributed by atoms with Crippen LogP contribution >= 0.6 is 11.3 Å². The number of ether oxygens (including phenoxy) is 1. The number of methoxy groups -OCH3 is 1. The molecule has 1 amide bonds. The van der Waals surface area contributed by atoms with Crippen molar-refractivity contribution in [2.75, 3.05) is 18.0 Å². The Morgan fingerprint density at radius 3 is 2.37 bits per heavy atom. The predicted molar refractivity (Wildman–Crippen MR) is 119 cm³/mol. The van der Waals surface area contributed by atoms with E-state index in [1.165, 1.54) is 30.6 Å². The third-order valence-electron chi connectivity index (χ3n) is 4.20. The number of benzene rings is 2. The average molecular weight is 444 g/mol. The molecular formula is C21H21N3O4S2. The lowest BCUT2D eigenvalue weighted by Gasteiger charge is -2.24. The molecule has 2 aromatic carbocycles. The van der Waals surface area contributed by atoms with Crippen molar-refractivity contribution in [1.29, 1.82) is 0 Å². The van der Waals surface area contributed by atoms with Gasteiger partial charge in [-0.15, -0.1) is 11.3 Å². The van der Waals surface area contributed by atoms with Crippen molar-refractivity contribution in [3.8, 4) is 5.75 Å². The summed E-state index contributed by atoms with van der Waals surface area (Å²) in [5, 5.41) is 5.99. The summed E-state index contributed by atoms with van der Waals surface area (Å²) in [6, 6.07) is 18.2. The van der Waals surface area contributed by atoms with E-state index < -0.39 is 22.5 Å². The maximum atomic E-state index is 13.2. The minimum atomic E-state index is -3.97. The summed E-state index contributed by atoms with van der Waals surface area (Å²) in [4.78, 5) is 13.6. The largest absolute Gasteiger partial charge is 0.497 e. The zero-order valence-corrected chi connectivity index (χ0v) is 18.1. The molecule has 0 spiro atoms. The monoisotopic (exact) mass is 443 g/mol. The van der Waals surface area contributed by atoms with E-state index in [2.05, 4.69) is 10.5 Å². The van der Waals surface area contributed by atoms with Crippen molar-refractivity contribution < 1.29 is 17.9 Å². The molecule has 0 fully saturated rings. The van der Waals surface area contributed by atoms with Gasteiger partial charge in [0.25, 0.3) is 15.9 Å². The Morgan fingerprint density at radius 1 is 1.07 bits per heavy atom. The summed E-state index contributed by atoms with van der Waals surface area (Å²) >= 11 is 1.50. The highest BCUT2D eigenvalue weighted by molar-refractivity contribution is 7.92. The van der Waals surface area contributed by atoms with E-state index in [1.807, 2.05) is 17.5 Å². The first kappa shape index (κ1) is 21.5. The zero-order chi connectivity index (χ0) is 21.6. The van der Waals surface area contributed by atoms with Gasteiger partial charge in [0.05, 0.1) is 23.4 Å². The topological polar surface area (TPSA) is 88.1 Å². The van der Waals surface area contributed by atoms with E-state index in [0.717, 1.165) is 9.18 Å². The number of carbonyl (C=O) groups excluding carboxylic acids is 1. The van der Waals surface area contributed by atoms with E-state index in [-0.39, 0.29) is 4.90 Å². The highest BCUT2D eigenvalue weighted by atomic mass is 32.2. The standard InChI is InChI=1S/C21H21N3O4S2/c1-16(20-9-6-14-29-20)22-23-21(25)15-24(17-10-12-18(28-2)13-11-17)30(26,27)19-7-4-3-5-8-19/h3-14H,15H2,1-2H3,(H,23,25)/b22-16-. The first-order chi connectivity index (χ1) is 14.4. The van der Waals surface area contributed by atoms with Crippen molar-refractivity contribution in [2.45, 2.75) is 11.8 Å². The lowest BCUT2D eigenvalue weighted by Crippen LogP contribution is -2.39. The average Bonchev–Trinajstić information content (AvgIpc) is 3.31. The molecule has 30 heavy (non-hydrogen) atoms. The highest BCUT2D eigenvalue weighted by Gasteiger charge is 2.27. The Morgan fingerprint density at radius 2 is 1.77 bits per heavy atom. The van der Waals surface area contributed by atoms with E-state index >= 15 is 0 Å². The number of hydrazone groups is 1. The third-order valence-corrected chi connectivity index (χ3v) is 6.97. The van der Waals surface area contributed by atoms with E-state index in [0.29, 0.717) is 17.1 Å². The van der Waals surface area contributed by atoms with Gasteiger partial charge < -0.3 is 4.74 Å². The highest BCUT2D eigenvalue weighted by Crippen LogP contribution is 2.25. The molecule has 1 heterocycles. The first-order valence-corrected chi connectivity index (χ1v) is 11.3. The van der Waals surface area contributed by atoms with Crippen molar-refractivity contribution in [1.82, 2.24) is 5.43 Å². The summed E-state index contributed by atoms with van der Waals surface area (Å²) < 4.78 is 32.6. The van der Waals surface area contributed by atoms with Crippen molar-refractivity contribution in [3.05, 3.63) is 77.0 Å². The molecule has 0 aliphatic carbocycles. The minimum absolute atomic E-state index is 0.0897. The second-order valence-corrected chi connectivity index (χ2v) is 9.04. The van der Waals surface area contributed by atoms with E-state index in [1.54, 1.807) is 49.4 Å². The molecule has 156 valence electrons. The maximum Gasteiger partial charge on any atom is 0.264 e. The van der Waals surface area contributed by atoms with Crippen LogP contribution in [0.15, 0.2) is 82.1 Å². The molecule has 0 unspecified atom stereocenters. The number of hydrogen-bond acceptors (Lipinski definition) is 6. The quantitative estimate of drug-likeness (QED) is 0.426. The van der Waals surface area contributed by atoms with Crippen LogP contribution in [-0.2, 0) is 14.8 Å². The number of amides is 1. The van der Waals surface area contributed by atoms with E-state index in [9.17, 15) is 13.2 Å². The van der Waals surface area contributed by atoms with Crippen LogP contribution in [0.5, 0.6) is 5.75 Å². The summed E-state index contributed by atoms with van der Waals surface area (Å²) in [6.07, 6.45) is 0. The van der Waals surface area contributed by atoms with Gasteiger partial charge in [-0.25, -0.2) is 13.8 Å². The van der Waals surface area contributed by atoms with Crippen molar-refractivity contribution in [3.63, 3.8) is 0 Å². The summed E-state index contributed by atoms with van der Waals surface area (Å²) in [7, 11) is -2.44. The number of sulfonamides is 1. The SMILES string of the molecule is COc1ccc(N(CC(=O)N/N=C(/C)c2cccs2)S(=O)(=O)c2ccccc2)cc1. The van der Waals surface area contributed by atoms with Gasteiger partial charge in [0.2, 0.25) is 0 Å². The summed E-state index contributed by atoms with van der Waals surface area (Å²) in [5.41, 5.74) is 3.42. The number of nitrogens with one attached hydrogen (secondary N) is 1. The molecule has 0 aliphatic rings. The zero-order valence-electron chi connectivity index (χ0n) is 16.5. The number of anilines is 1. The Bertz CT molecular complexity index is 1110. The van der Waals surface area contributed by atoms with Gasteiger partial charge in [-0.3, -0.25) is 9.10 Å². The maximum absolute atomic E-state index is 13.2. The van der Waals surface area contributed by atoms with Crippen LogP contribution in [0, 0.1) is 0 Å². The number of rotatable bonds is 8.